The number of aromatic nitrogens is 6. The van der Waals surface area contributed by atoms with E-state index < -0.39 is 17.2 Å². The third kappa shape index (κ3) is 3.08. The number of aryl methyl sites for hydroxylation is 1. The molecule has 0 spiro atoms. The summed E-state index contributed by atoms with van der Waals surface area (Å²) in [5.41, 5.74) is 4.54. The number of benzene rings is 1. The number of halogens is 2. The van der Waals surface area contributed by atoms with Gasteiger partial charge < -0.3 is 5.73 Å². The maximum atomic E-state index is 12.9. The van der Waals surface area contributed by atoms with E-state index in [0.29, 0.717) is 5.56 Å². The Hall–Kier alpha value is -3.50. The van der Waals surface area contributed by atoms with Crippen molar-refractivity contribution >= 4 is 40.3 Å². The number of hydrogen-bond donors (Lipinski definition) is 2. The lowest BCUT2D eigenvalue weighted by Gasteiger charge is -2.11. The third-order valence-electron chi connectivity index (χ3n) is 4.15. The summed E-state index contributed by atoms with van der Waals surface area (Å²) < 4.78 is 2.23. The molecule has 0 aliphatic rings. The second-order valence-corrected chi connectivity index (χ2v) is 6.79. The van der Waals surface area contributed by atoms with Crippen molar-refractivity contribution in [3.63, 3.8) is 0 Å². The predicted octanol–water partition coefficient (Wildman–Crippen LogP) is 1.28. The first kappa shape index (κ1) is 18.8. The summed E-state index contributed by atoms with van der Waals surface area (Å²) in [5.74, 6) is -0.692. The van der Waals surface area contributed by atoms with Crippen LogP contribution < -0.4 is 17.0 Å². The second kappa shape index (κ2) is 6.83. The summed E-state index contributed by atoms with van der Waals surface area (Å²) in [4.78, 5) is 47.5. The Balaban J connectivity index is 2.01. The van der Waals surface area contributed by atoms with E-state index in [2.05, 4.69) is 20.1 Å². The number of nitrogens with one attached hydrogen (secondary N) is 1. The molecule has 10 nitrogen and oxygen atoms in total. The molecule has 146 valence electrons. The highest BCUT2D eigenvalue weighted by Gasteiger charge is 2.21. The Morgan fingerprint density at radius 1 is 1.24 bits per heavy atom. The maximum absolute atomic E-state index is 12.9. The van der Waals surface area contributed by atoms with E-state index in [0.717, 1.165) is 4.57 Å². The fraction of sp³-hybridized carbons (Fsp3) is 0.0588. The Kier molecular flexibility index (Phi) is 4.44. The maximum Gasteiger partial charge on any atom is 0.334 e. The van der Waals surface area contributed by atoms with Crippen molar-refractivity contribution in [3.8, 4) is 16.9 Å². The van der Waals surface area contributed by atoms with Gasteiger partial charge in [-0.25, -0.2) is 19.3 Å². The van der Waals surface area contributed by atoms with Crippen LogP contribution in [-0.4, -0.2) is 35.2 Å². The molecule has 29 heavy (non-hydrogen) atoms. The first-order valence-corrected chi connectivity index (χ1v) is 8.84. The van der Waals surface area contributed by atoms with Crippen LogP contribution in [0.5, 0.6) is 0 Å². The molecular formula is C17H11Cl2N7O3. The SMILES string of the molecule is Cn1cc(C(N)=O)c(-c2cccc(-n3c(=O)[nH]c4nc(Cl)cnc4c3=O)c2Cl)n1. The van der Waals surface area contributed by atoms with E-state index in [-0.39, 0.29) is 38.3 Å². The van der Waals surface area contributed by atoms with Gasteiger partial charge in [-0.3, -0.25) is 19.3 Å². The lowest BCUT2D eigenvalue weighted by Crippen LogP contribution is -2.34. The summed E-state index contributed by atoms with van der Waals surface area (Å²) in [5, 5.41) is 4.28. The largest absolute Gasteiger partial charge is 0.365 e. The number of primary amides is 1. The van der Waals surface area contributed by atoms with Crippen LogP contribution in [0.15, 0.2) is 40.2 Å². The van der Waals surface area contributed by atoms with Crippen LogP contribution in [0.25, 0.3) is 28.1 Å². The molecule has 3 heterocycles. The van der Waals surface area contributed by atoms with Crippen LogP contribution in [0.1, 0.15) is 10.4 Å². The monoisotopic (exact) mass is 431 g/mol. The minimum Gasteiger partial charge on any atom is -0.365 e. The van der Waals surface area contributed by atoms with E-state index in [1.165, 1.54) is 23.1 Å². The summed E-state index contributed by atoms with van der Waals surface area (Å²) in [6.07, 6.45) is 2.65. The van der Waals surface area contributed by atoms with E-state index in [1.54, 1.807) is 19.2 Å². The van der Waals surface area contributed by atoms with Crippen molar-refractivity contribution < 1.29 is 4.79 Å². The topological polar surface area (TPSA) is 142 Å². The number of fused-ring (bicyclic) bond motifs is 1. The molecule has 0 radical (unpaired) electrons. The van der Waals surface area contributed by atoms with Crippen LogP contribution in [0.3, 0.4) is 0 Å². The molecule has 4 aromatic rings. The number of hydrogen-bond acceptors (Lipinski definition) is 6. The number of nitrogens with two attached hydrogens (primary N) is 1. The van der Waals surface area contributed by atoms with Gasteiger partial charge in [0, 0.05) is 18.8 Å². The highest BCUT2D eigenvalue weighted by Crippen LogP contribution is 2.33. The lowest BCUT2D eigenvalue weighted by molar-refractivity contribution is 0.100. The van der Waals surface area contributed by atoms with Crippen LogP contribution in [-0.2, 0) is 7.05 Å². The van der Waals surface area contributed by atoms with E-state index in [1.807, 2.05) is 0 Å². The quantitative estimate of drug-likeness (QED) is 0.500. The fourth-order valence-electron chi connectivity index (χ4n) is 2.93. The number of carbonyl (C=O) groups is 1. The lowest BCUT2D eigenvalue weighted by atomic mass is 10.1. The molecule has 4 rings (SSSR count). The number of rotatable bonds is 3. The summed E-state index contributed by atoms with van der Waals surface area (Å²) in [6.45, 7) is 0. The number of amides is 1. The Morgan fingerprint density at radius 3 is 2.72 bits per heavy atom. The average Bonchev–Trinajstić information content (AvgIpc) is 3.04. The van der Waals surface area contributed by atoms with Crippen molar-refractivity contribution in [1.29, 1.82) is 0 Å². The van der Waals surface area contributed by atoms with Gasteiger partial charge in [0.05, 0.1) is 22.5 Å². The third-order valence-corrected chi connectivity index (χ3v) is 4.73. The number of nitrogens with zero attached hydrogens (tertiary/aromatic N) is 5. The highest BCUT2D eigenvalue weighted by molar-refractivity contribution is 6.35. The Labute approximate surface area is 171 Å². The molecule has 3 aromatic heterocycles. The van der Waals surface area contributed by atoms with E-state index >= 15 is 0 Å². The van der Waals surface area contributed by atoms with Crippen molar-refractivity contribution in [1.82, 2.24) is 29.3 Å². The summed E-state index contributed by atoms with van der Waals surface area (Å²) in [6, 6.07) is 4.64. The first-order chi connectivity index (χ1) is 13.8. The summed E-state index contributed by atoms with van der Waals surface area (Å²) in [7, 11) is 1.62. The summed E-state index contributed by atoms with van der Waals surface area (Å²) >= 11 is 12.3. The predicted molar refractivity (Wildman–Crippen MR) is 106 cm³/mol. The fourth-order valence-corrected chi connectivity index (χ4v) is 3.36. The first-order valence-electron chi connectivity index (χ1n) is 8.08. The Bertz CT molecular complexity index is 1420. The molecule has 0 saturated carbocycles. The standard InChI is InChI=1S/C17H11Cl2N7O3/c1-25-6-8(14(20)27)12(24-25)7-3-2-4-9(11(7)19)26-16(28)13-15(23-17(26)29)22-10(18)5-21-13/h2-6H,1H3,(H2,20,27)(H,22,23,29). The normalized spacial score (nSPS) is 11.1. The van der Waals surface area contributed by atoms with Gasteiger partial charge in [0.1, 0.15) is 10.8 Å². The van der Waals surface area contributed by atoms with E-state index in [9.17, 15) is 14.4 Å². The molecule has 0 unspecified atom stereocenters. The molecule has 0 fully saturated rings. The van der Waals surface area contributed by atoms with Gasteiger partial charge in [0.25, 0.3) is 11.5 Å². The van der Waals surface area contributed by atoms with Crippen LogP contribution >= 0.6 is 23.2 Å². The van der Waals surface area contributed by atoms with Gasteiger partial charge >= 0.3 is 5.69 Å². The number of aromatic amines is 1. The Morgan fingerprint density at radius 2 is 2.00 bits per heavy atom. The molecule has 0 bridgehead atoms. The molecule has 1 amide bonds. The van der Waals surface area contributed by atoms with Gasteiger partial charge in [-0.15, -0.1) is 0 Å². The molecule has 0 aliphatic carbocycles. The van der Waals surface area contributed by atoms with Gasteiger partial charge in [-0.1, -0.05) is 35.3 Å². The molecule has 12 heteroatoms. The number of H-pyrrole nitrogens is 1. The molecular weight excluding hydrogens is 421 g/mol. The van der Waals surface area contributed by atoms with Crippen molar-refractivity contribution in [3.05, 3.63) is 67.2 Å². The average molecular weight is 432 g/mol. The zero-order valence-electron chi connectivity index (χ0n) is 14.7. The van der Waals surface area contributed by atoms with Crippen LogP contribution in [0.4, 0.5) is 0 Å². The minimum absolute atomic E-state index is 0.0273. The minimum atomic E-state index is -0.783. The second-order valence-electron chi connectivity index (χ2n) is 6.03. The molecule has 0 saturated heterocycles. The van der Waals surface area contributed by atoms with Gasteiger partial charge in [0.15, 0.2) is 11.2 Å². The van der Waals surface area contributed by atoms with Crippen molar-refractivity contribution in [2.75, 3.05) is 0 Å². The molecule has 1 aromatic carbocycles. The van der Waals surface area contributed by atoms with Gasteiger partial charge in [-0.2, -0.15) is 5.10 Å². The smallest absolute Gasteiger partial charge is 0.334 e. The van der Waals surface area contributed by atoms with Crippen LogP contribution in [0, 0.1) is 0 Å². The zero-order valence-corrected chi connectivity index (χ0v) is 16.2. The molecule has 3 N–H and O–H groups in total. The van der Waals surface area contributed by atoms with Crippen molar-refractivity contribution in [2.45, 2.75) is 0 Å². The van der Waals surface area contributed by atoms with E-state index in [4.69, 9.17) is 28.9 Å². The molecule has 0 atom stereocenters. The van der Waals surface area contributed by atoms with Gasteiger partial charge in [0.2, 0.25) is 0 Å². The van der Waals surface area contributed by atoms with Crippen molar-refractivity contribution in [2.24, 2.45) is 12.8 Å². The number of carbonyl (C=O) groups excluding carboxylic acids is 1. The van der Waals surface area contributed by atoms with Crippen LogP contribution in [0.2, 0.25) is 10.2 Å². The highest BCUT2D eigenvalue weighted by atomic mass is 35.5. The van der Waals surface area contributed by atoms with Gasteiger partial charge in [-0.05, 0) is 6.07 Å². The molecule has 0 aliphatic heterocycles. The zero-order chi connectivity index (χ0) is 20.9.